The van der Waals surface area contributed by atoms with E-state index < -0.39 is 18.4 Å². The van der Waals surface area contributed by atoms with E-state index in [1.165, 1.54) is 21.9 Å². The SMILES string of the molecule is O=C(O)N1C[C@@H]2CCN(c3ccc(OC(F)(F)F)cc3)C(=O)[C@@H]2C1. The van der Waals surface area contributed by atoms with Gasteiger partial charge in [0.1, 0.15) is 5.75 Å². The van der Waals surface area contributed by atoms with Crippen LogP contribution in [-0.4, -0.2) is 48.0 Å². The third-order valence-electron chi connectivity index (χ3n) is 4.40. The fraction of sp³-hybridized carbons (Fsp3) is 0.467. The average Bonchev–Trinajstić information content (AvgIpc) is 2.92. The minimum absolute atomic E-state index is 0.00214. The number of rotatable bonds is 2. The molecular weight excluding hydrogens is 329 g/mol. The third kappa shape index (κ3) is 3.24. The standard InChI is InChI=1S/C15H15F3N2O4/c16-15(17,18)24-11-3-1-10(2-4-11)20-6-5-9-7-19(14(22)23)8-12(9)13(20)21/h1-4,9,12H,5-8H2,(H,22,23)/t9-,12+/m0/s1. The van der Waals surface area contributed by atoms with Crippen molar-refractivity contribution in [3.63, 3.8) is 0 Å². The molecule has 2 atom stereocenters. The number of carboxylic acid groups (broad SMARTS) is 1. The van der Waals surface area contributed by atoms with Gasteiger partial charge in [0.2, 0.25) is 5.91 Å². The van der Waals surface area contributed by atoms with E-state index in [4.69, 9.17) is 5.11 Å². The van der Waals surface area contributed by atoms with Crippen LogP contribution >= 0.6 is 0 Å². The number of fused-ring (bicyclic) bond motifs is 1. The maximum absolute atomic E-state index is 12.6. The summed E-state index contributed by atoms with van der Waals surface area (Å²) in [7, 11) is 0. The van der Waals surface area contributed by atoms with Gasteiger partial charge in [0.25, 0.3) is 0 Å². The third-order valence-corrected chi connectivity index (χ3v) is 4.40. The van der Waals surface area contributed by atoms with Crippen LogP contribution in [0.5, 0.6) is 5.75 Å². The lowest BCUT2D eigenvalue weighted by Crippen LogP contribution is -2.45. The molecule has 24 heavy (non-hydrogen) atoms. The maximum Gasteiger partial charge on any atom is 0.573 e. The van der Waals surface area contributed by atoms with Crippen LogP contribution in [0.25, 0.3) is 0 Å². The zero-order valence-electron chi connectivity index (χ0n) is 12.5. The van der Waals surface area contributed by atoms with Gasteiger partial charge in [-0.1, -0.05) is 0 Å². The molecule has 0 saturated carbocycles. The Kier molecular flexibility index (Phi) is 4.02. The minimum atomic E-state index is -4.76. The van der Waals surface area contributed by atoms with Crippen LogP contribution in [0.1, 0.15) is 6.42 Å². The molecule has 6 nitrogen and oxygen atoms in total. The first-order valence-corrected chi connectivity index (χ1v) is 7.39. The number of amides is 2. The molecule has 2 aliphatic heterocycles. The largest absolute Gasteiger partial charge is 0.573 e. The molecule has 0 aliphatic carbocycles. The van der Waals surface area contributed by atoms with E-state index in [0.717, 1.165) is 12.1 Å². The van der Waals surface area contributed by atoms with Crippen LogP contribution in [0.2, 0.25) is 0 Å². The zero-order chi connectivity index (χ0) is 17.5. The van der Waals surface area contributed by atoms with Gasteiger partial charge in [-0.05, 0) is 36.6 Å². The lowest BCUT2D eigenvalue weighted by molar-refractivity contribution is -0.274. The van der Waals surface area contributed by atoms with E-state index in [-0.39, 0.29) is 24.1 Å². The fourth-order valence-electron chi connectivity index (χ4n) is 3.29. The number of alkyl halides is 3. The second kappa shape index (κ2) is 5.88. The Morgan fingerprint density at radius 3 is 2.46 bits per heavy atom. The molecule has 0 aromatic heterocycles. The van der Waals surface area contributed by atoms with Gasteiger partial charge in [-0.25, -0.2) is 4.79 Å². The predicted octanol–water partition coefficient (Wildman–Crippen LogP) is 2.55. The van der Waals surface area contributed by atoms with Crippen molar-refractivity contribution in [2.24, 2.45) is 11.8 Å². The smallest absolute Gasteiger partial charge is 0.465 e. The van der Waals surface area contributed by atoms with Gasteiger partial charge in [0.15, 0.2) is 0 Å². The lowest BCUT2D eigenvalue weighted by Gasteiger charge is -2.33. The van der Waals surface area contributed by atoms with Crippen molar-refractivity contribution >= 4 is 17.7 Å². The number of halogens is 3. The van der Waals surface area contributed by atoms with Crippen molar-refractivity contribution < 1.29 is 32.6 Å². The number of nitrogens with zero attached hydrogens (tertiary/aromatic N) is 2. The van der Waals surface area contributed by atoms with E-state index >= 15 is 0 Å². The highest BCUT2D eigenvalue weighted by Crippen LogP contribution is 2.35. The molecule has 2 fully saturated rings. The van der Waals surface area contributed by atoms with Crippen LogP contribution < -0.4 is 9.64 Å². The van der Waals surface area contributed by atoms with Gasteiger partial charge < -0.3 is 19.6 Å². The van der Waals surface area contributed by atoms with E-state index in [0.29, 0.717) is 25.2 Å². The van der Waals surface area contributed by atoms with Crippen molar-refractivity contribution in [3.8, 4) is 5.75 Å². The van der Waals surface area contributed by atoms with Crippen molar-refractivity contribution in [1.29, 1.82) is 0 Å². The first-order valence-electron chi connectivity index (χ1n) is 7.39. The van der Waals surface area contributed by atoms with E-state index in [1.54, 1.807) is 0 Å². The summed E-state index contributed by atoms with van der Waals surface area (Å²) in [6.07, 6.45) is -5.15. The number of hydrogen-bond acceptors (Lipinski definition) is 3. The molecule has 2 saturated heterocycles. The number of anilines is 1. The molecule has 2 heterocycles. The zero-order valence-corrected chi connectivity index (χ0v) is 12.5. The van der Waals surface area contributed by atoms with Crippen LogP contribution in [0, 0.1) is 11.8 Å². The molecule has 0 bridgehead atoms. The number of piperidine rings is 1. The van der Waals surface area contributed by atoms with Crippen LogP contribution in [0.3, 0.4) is 0 Å². The molecule has 1 aromatic carbocycles. The number of hydrogen-bond donors (Lipinski definition) is 1. The monoisotopic (exact) mass is 344 g/mol. The first kappa shape index (κ1) is 16.4. The van der Waals surface area contributed by atoms with Gasteiger partial charge >= 0.3 is 12.5 Å². The Morgan fingerprint density at radius 1 is 1.21 bits per heavy atom. The van der Waals surface area contributed by atoms with Gasteiger partial charge in [0, 0.05) is 25.3 Å². The second-order valence-electron chi connectivity index (χ2n) is 5.87. The summed E-state index contributed by atoms with van der Waals surface area (Å²) in [5, 5.41) is 9.05. The topological polar surface area (TPSA) is 70.1 Å². The van der Waals surface area contributed by atoms with Crippen LogP contribution in [0.15, 0.2) is 24.3 Å². The van der Waals surface area contributed by atoms with Gasteiger partial charge in [-0.3, -0.25) is 4.79 Å². The summed E-state index contributed by atoms with van der Waals surface area (Å²) in [5.41, 5.74) is 0.474. The predicted molar refractivity (Wildman–Crippen MR) is 76.7 cm³/mol. The van der Waals surface area contributed by atoms with E-state index in [1.807, 2.05) is 0 Å². The van der Waals surface area contributed by atoms with Gasteiger partial charge in [0.05, 0.1) is 5.92 Å². The van der Waals surface area contributed by atoms with Crippen LogP contribution in [-0.2, 0) is 4.79 Å². The number of likely N-dealkylation sites (tertiary alicyclic amines) is 1. The molecule has 1 N–H and O–H groups in total. The molecule has 0 spiro atoms. The molecule has 9 heteroatoms. The Balaban J connectivity index is 1.72. The van der Waals surface area contributed by atoms with Crippen molar-refractivity contribution in [2.45, 2.75) is 12.8 Å². The molecule has 3 rings (SSSR count). The Labute approximate surface area is 135 Å². The average molecular weight is 344 g/mol. The number of carbonyl (C=O) groups is 2. The highest BCUT2D eigenvalue weighted by Gasteiger charge is 2.44. The molecule has 2 aliphatic rings. The highest BCUT2D eigenvalue weighted by molar-refractivity contribution is 5.96. The Bertz CT molecular complexity index is 647. The molecule has 1 aromatic rings. The molecular formula is C15H15F3N2O4. The minimum Gasteiger partial charge on any atom is -0.465 e. The number of carbonyl (C=O) groups excluding carboxylic acids is 1. The molecule has 130 valence electrons. The van der Waals surface area contributed by atoms with Crippen molar-refractivity contribution in [3.05, 3.63) is 24.3 Å². The summed E-state index contributed by atoms with van der Waals surface area (Å²) < 4.78 is 40.3. The number of benzene rings is 1. The second-order valence-corrected chi connectivity index (χ2v) is 5.87. The Hall–Kier alpha value is -2.45. The van der Waals surface area contributed by atoms with Crippen molar-refractivity contribution in [2.75, 3.05) is 24.5 Å². The maximum atomic E-state index is 12.6. The summed E-state index contributed by atoms with van der Waals surface area (Å²) in [6, 6.07) is 5.09. The highest BCUT2D eigenvalue weighted by atomic mass is 19.4. The molecule has 0 unspecified atom stereocenters. The van der Waals surface area contributed by atoms with E-state index in [9.17, 15) is 22.8 Å². The quantitative estimate of drug-likeness (QED) is 0.895. The molecule has 0 radical (unpaired) electrons. The summed E-state index contributed by atoms with van der Waals surface area (Å²) >= 11 is 0. The van der Waals surface area contributed by atoms with Crippen LogP contribution in [0.4, 0.5) is 23.7 Å². The Morgan fingerprint density at radius 2 is 1.88 bits per heavy atom. The lowest BCUT2D eigenvalue weighted by atomic mass is 9.87. The van der Waals surface area contributed by atoms with Gasteiger partial charge in [-0.2, -0.15) is 0 Å². The molecule has 2 amide bonds. The number of ether oxygens (including phenoxy) is 1. The summed E-state index contributed by atoms with van der Waals surface area (Å²) in [6.45, 7) is 0.912. The van der Waals surface area contributed by atoms with Crippen molar-refractivity contribution in [1.82, 2.24) is 4.90 Å². The summed E-state index contributed by atoms with van der Waals surface area (Å²) in [5.74, 6) is -0.954. The summed E-state index contributed by atoms with van der Waals surface area (Å²) in [4.78, 5) is 26.4. The normalized spacial score (nSPS) is 24.0. The fourth-order valence-corrected chi connectivity index (χ4v) is 3.29. The van der Waals surface area contributed by atoms with Gasteiger partial charge in [-0.15, -0.1) is 13.2 Å². The first-order chi connectivity index (χ1) is 11.2. The van der Waals surface area contributed by atoms with E-state index in [2.05, 4.69) is 4.74 Å².